The van der Waals surface area contributed by atoms with E-state index in [1.807, 2.05) is 65.5 Å². The molecule has 3 rings (SSSR count). The van der Waals surface area contributed by atoms with E-state index in [0.717, 1.165) is 24.0 Å². The van der Waals surface area contributed by atoms with Crippen LogP contribution < -0.4 is 10.6 Å². The number of nitrogens with zero attached hydrogens (tertiary/aromatic N) is 2. The molecule has 0 unspecified atom stereocenters. The van der Waals surface area contributed by atoms with Gasteiger partial charge < -0.3 is 10.6 Å². The maximum absolute atomic E-state index is 12.1. The molecule has 0 atom stereocenters. The van der Waals surface area contributed by atoms with Crippen molar-refractivity contribution < 1.29 is 9.59 Å². The van der Waals surface area contributed by atoms with Crippen molar-refractivity contribution in [1.82, 2.24) is 15.1 Å². The number of unbranched alkanes of at least 4 members (excludes halogenated alkanes) is 2. The standard InChI is InChI=1S/C24H28N4O2/c1-2-3-4-6-19-11-13-22(14-12-19)27-24(30)23(29)25-17-20-7-9-21(10-8-20)18-28-16-5-15-26-28/h5,7-16H,2-4,6,17-18H2,1H3,(H,25,29)(H,27,30). The predicted octanol–water partition coefficient (Wildman–Crippen LogP) is 3.92. The average molecular weight is 405 g/mol. The Morgan fingerprint density at radius 1 is 0.900 bits per heavy atom. The molecule has 0 radical (unpaired) electrons. The Balaban J connectivity index is 1.43. The number of anilines is 1. The Kier molecular flexibility index (Phi) is 7.78. The number of hydrogen-bond acceptors (Lipinski definition) is 3. The molecule has 2 aromatic carbocycles. The van der Waals surface area contributed by atoms with Crippen LogP contribution in [0, 0.1) is 0 Å². The van der Waals surface area contributed by atoms with Crippen molar-refractivity contribution in [2.24, 2.45) is 0 Å². The molecular weight excluding hydrogens is 376 g/mol. The van der Waals surface area contributed by atoms with Crippen LogP contribution in [-0.4, -0.2) is 21.6 Å². The summed E-state index contributed by atoms with van der Waals surface area (Å²) in [6.45, 7) is 3.17. The molecule has 0 aliphatic heterocycles. The fourth-order valence-corrected chi connectivity index (χ4v) is 3.13. The summed E-state index contributed by atoms with van der Waals surface area (Å²) in [5, 5.41) is 9.49. The summed E-state index contributed by atoms with van der Waals surface area (Å²) in [5.41, 5.74) is 3.90. The third-order valence-corrected chi connectivity index (χ3v) is 4.87. The fraction of sp³-hybridized carbons (Fsp3) is 0.292. The van der Waals surface area contributed by atoms with Crippen molar-refractivity contribution in [2.75, 3.05) is 5.32 Å². The molecule has 0 saturated heterocycles. The zero-order valence-electron chi connectivity index (χ0n) is 17.3. The molecule has 0 spiro atoms. The number of hydrogen-bond donors (Lipinski definition) is 2. The van der Waals surface area contributed by atoms with E-state index < -0.39 is 11.8 Å². The first kappa shape index (κ1) is 21.3. The van der Waals surface area contributed by atoms with Crippen molar-refractivity contribution in [2.45, 2.75) is 45.7 Å². The van der Waals surface area contributed by atoms with Crippen LogP contribution >= 0.6 is 0 Å². The number of amides is 2. The number of nitrogens with one attached hydrogen (secondary N) is 2. The molecule has 0 fully saturated rings. The summed E-state index contributed by atoms with van der Waals surface area (Å²) in [6, 6.07) is 17.4. The number of carbonyl (C=O) groups excluding carboxylic acids is 2. The van der Waals surface area contributed by atoms with Gasteiger partial charge in [0.2, 0.25) is 0 Å². The van der Waals surface area contributed by atoms with Crippen LogP contribution in [0.3, 0.4) is 0 Å². The lowest BCUT2D eigenvalue weighted by Gasteiger charge is -2.08. The van der Waals surface area contributed by atoms with E-state index in [1.54, 1.807) is 6.20 Å². The van der Waals surface area contributed by atoms with E-state index in [1.165, 1.54) is 18.4 Å². The number of aromatic nitrogens is 2. The highest BCUT2D eigenvalue weighted by Crippen LogP contribution is 2.12. The van der Waals surface area contributed by atoms with E-state index in [4.69, 9.17) is 0 Å². The summed E-state index contributed by atoms with van der Waals surface area (Å²) in [4.78, 5) is 24.2. The second-order valence-electron chi connectivity index (χ2n) is 7.31. The van der Waals surface area contributed by atoms with Gasteiger partial charge in [0.05, 0.1) is 6.54 Å². The fourth-order valence-electron chi connectivity index (χ4n) is 3.13. The van der Waals surface area contributed by atoms with Gasteiger partial charge in [0.1, 0.15) is 0 Å². The summed E-state index contributed by atoms with van der Waals surface area (Å²) >= 11 is 0. The van der Waals surface area contributed by atoms with Crippen LogP contribution in [0.5, 0.6) is 0 Å². The first-order valence-corrected chi connectivity index (χ1v) is 10.4. The Morgan fingerprint density at radius 3 is 2.27 bits per heavy atom. The number of aryl methyl sites for hydroxylation is 1. The normalized spacial score (nSPS) is 10.6. The Bertz CT molecular complexity index is 932. The monoisotopic (exact) mass is 404 g/mol. The van der Waals surface area contributed by atoms with Gasteiger partial charge in [-0.2, -0.15) is 5.10 Å². The molecule has 0 aliphatic rings. The van der Waals surface area contributed by atoms with E-state index in [2.05, 4.69) is 22.7 Å². The predicted molar refractivity (Wildman–Crippen MR) is 118 cm³/mol. The highest BCUT2D eigenvalue weighted by molar-refractivity contribution is 6.39. The maximum Gasteiger partial charge on any atom is 0.313 e. The average Bonchev–Trinajstić information content (AvgIpc) is 3.27. The molecule has 1 heterocycles. The van der Waals surface area contributed by atoms with Gasteiger partial charge in [0.25, 0.3) is 0 Å². The van der Waals surface area contributed by atoms with Crippen molar-refractivity contribution in [1.29, 1.82) is 0 Å². The number of benzene rings is 2. The molecule has 2 amide bonds. The minimum Gasteiger partial charge on any atom is -0.344 e. The molecule has 1 aromatic heterocycles. The molecule has 30 heavy (non-hydrogen) atoms. The van der Waals surface area contributed by atoms with Crippen LogP contribution in [0.1, 0.15) is 42.9 Å². The van der Waals surface area contributed by atoms with Gasteiger partial charge in [-0.05, 0) is 47.7 Å². The van der Waals surface area contributed by atoms with Gasteiger partial charge in [-0.3, -0.25) is 14.3 Å². The number of carbonyl (C=O) groups is 2. The minimum atomic E-state index is -0.663. The number of rotatable bonds is 9. The van der Waals surface area contributed by atoms with Gasteiger partial charge in [0, 0.05) is 24.6 Å². The van der Waals surface area contributed by atoms with E-state index in [0.29, 0.717) is 18.8 Å². The van der Waals surface area contributed by atoms with Gasteiger partial charge >= 0.3 is 11.8 Å². The first-order chi connectivity index (χ1) is 14.6. The van der Waals surface area contributed by atoms with Crippen LogP contribution in [0.2, 0.25) is 0 Å². The molecule has 0 bridgehead atoms. The molecule has 0 saturated carbocycles. The topological polar surface area (TPSA) is 76.0 Å². The quantitative estimate of drug-likeness (QED) is 0.419. The van der Waals surface area contributed by atoms with Gasteiger partial charge in [-0.15, -0.1) is 0 Å². The SMILES string of the molecule is CCCCCc1ccc(NC(=O)C(=O)NCc2ccc(Cn3cccn3)cc2)cc1. The second-order valence-corrected chi connectivity index (χ2v) is 7.31. The lowest BCUT2D eigenvalue weighted by atomic mass is 10.1. The Labute approximate surface area is 177 Å². The summed E-state index contributed by atoms with van der Waals surface area (Å²) < 4.78 is 1.85. The van der Waals surface area contributed by atoms with Crippen molar-refractivity contribution >= 4 is 17.5 Å². The molecule has 2 N–H and O–H groups in total. The largest absolute Gasteiger partial charge is 0.344 e. The van der Waals surface area contributed by atoms with Crippen LogP contribution in [0.25, 0.3) is 0 Å². The van der Waals surface area contributed by atoms with E-state index >= 15 is 0 Å². The van der Waals surface area contributed by atoms with Crippen molar-refractivity contribution in [3.63, 3.8) is 0 Å². The summed E-state index contributed by atoms with van der Waals surface area (Å²) in [5.74, 6) is -1.31. The van der Waals surface area contributed by atoms with Gasteiger partial charge in [0.15, 0.2) is 0 Å². The molecule has 0 aliphatic carbocycles. The Hall–Kier alpha value is -3.41. The van der Waals surface area contributed by atoms with Crippen molar-refractivity contribution in [3.05, 3.63) is 83.7 Å². The molecule has 6 nitrogen and oxygen atoms in total. The smallest absolute Gasteiger partial charge is 0.313 e. The minimum absolute atomic E-state index is 0.296. The Morgan fingerprint density at radius 2 is 1.60 bits per heavy atom. The lowest BCUT2D eigenvalue weighted by Crippen LogP contribution is -2.34. The van der Waals surface area contributed by atoms with Gasteiger partial charge in [-0.25, -0.2) is 0 Å². The van der Waals surface area contributed by atoms with Crippen LogP contribution in [0.15, 0.2) is 67.0 Å². The molecule has 156 valence electrons. The molecule has 6 heteroatoms. The van der Waals surface area contributed by atoms with Gasteiger partial charge in [-0.1, -0.05) is 56.2 Å². The van der Waals surface area contributed by atoms with Crippen molar-refractivity contribution in [3.8, 4) is 0 Å². The zero-order valence-corrected chi connectivity index (χ0v) is 17.3. The summed E-state index contributed by atoms with van der Waals surface area (Å²) in [7, 11) is 0. The highest BCUT2D eigenvalue weighted by atomic mass is 16.2. The third kappa shape index (κ3) is 6.58. The highest BCUT2D eigenvalue weighted by Gasteiger charge is 2.13. The molecule has 3 aromatic rings. The molecular formula is C24H28N4O2. The zero-order chi connectivity index (χ0) is 21.2. The first-order valence-electron chi connectivity index (χ1n) is 10.4. The van der Waals surface area contributed by atoms with E-state index in [-0.39, 0.29) is 0 Å². The van der Waals surface area contributed by atoms with Crippen LogP contribution in [0.4, 0.5) is 5.69 Å². The van der Waals surface area contributed by atoms with E-state index in [9.17, 15) is 9.59 Å². The van der Waals surface area contributed by atoms with Crippen LogP contribution in [-0.2, 0) is 29.1 Å². The maximum atomic E-state index is 12.1. The lowest BCUT2D eigenvalue weighted by molar-refractivity contribution is -0.136. The third-order valence-electron chi connectivity index (χ3n) is 4.87. The summed E-state index contributed by atoms with van der Waals surface area (Å²) in [6.07, 6.45) is 8.26. The second kappa shape index (κ2) is 11.0.